The number of aliphatic hydroxyl groups excluding tert-OH is 1. The largest absolute Gasteiger partial charge is 0.395 e. The maximum absolute atomic E-state index is 12.7. The molecule has 68 valence electrons. The normalized spacial score (nSPS) is 12.1. The van der Waals surface area contributed by atoms with Crippen LogP contribution in [-0.4, -0.2) is 11.7 Å². The Kier molecular flexibility index (Phi) is 3.41. The molecule has 0 radical (unpaired) electrons. The second-order valence-corrected chi connectivity index (χ2v) is 2.84. The summed E-state index contributed by atoms with van der Waals surface area (Å²) in [5, 5.41) is 17.3. The highest BCUT2D eigenvalue weighted by Crippen LogP contribution is 2.09. The molecule has 0 heterocycles. The molecule has 1 aromatic rings. The average Bonchev–Trinajstić information content (AvgIpc) is 2.14. The van der Waals surface area contributed by atoms with Crippen LogP contribution in [0.2, 0.25) is 0 Å². The van der Waals surface area contributed by atoms with Crippen LogP contribution in [-0.2, 0) is 6.42 Å². The molecule has 13 heavy (non-hydrogen) atoms. The van der Waals surface area contributed by atoms with Crippen molar-refractivity contribution in [2.45, 2.75) is 6.42 Å². The first-order valence-corrected chi connectivity index (χ1v) is 4.01. The summed E-state index contributed by atoms with van der Waals surface area (Å²) < 4.78 is 12.7. The van der Waals surface area contributed by atoms with Gasteiger partial charge in [-0.2, -0.15) is 5.26 Å². The van der Waals surface area contributed by atoms with Gasteiger partial charge in [0.25, 0.3) is 0 Å². The Hall–Kier alpha value is -1.40. The fourth-order valence-corrected chi connectivity index (χ4v) is 1.10. The zero-order chi connectivity index (χ0) is 9.68. The Labute approximate surface area is 76.2 Å². The Bertz CT molecular complexity index is 319. The van der Waals surface area contributed by atoms with Crippen molar-refractivity contribution in [1.29, 1.82) is 5.26 Å². The summed E-state index contributed by atoms with van der Waals surface area (Å²) >= 11 is 0. The Morgan fingerprint density at radius 1 is 1.54 bits per heavy atom. The Morgan fingerprint density at radius 2 is 2.31 bits per heavy atom. The van der Waals surface area contributed by atoms with Crippen LogP contribution in [0.4, 0.5) is 4.39 Å². The van der Waals surface area contributed by atoms with E-state index in [0.29, 0.717) is 6.42 Å². The molecule has 1 rings (SSSR count). The number of hydrogen-bond donors (Lipinski definition) is 1. The molecular formula is C10H10FNO. The van der Waals surface area contributed by atoms with E-state index in [1.807, 2.05) is 6.07 Å². The molecule has 1 atom stereocenters. The first-order valence-electron chi connectivity index (χ1n) is 4.01. The number of halogens is 1. The molecule has 1 aromatic carbocycles. The topological polar surface area (TPSA) is 44.0 Å². The van der Waals surface area contributed by atoms with Gasteiger partial charge in [-0.1, -0.05) is 12.1 Å². The van der Waals surface area contributed by atoms with E-state index in [4.69, 9.17) is 10.4 Å². The van der Waals surface area contributed by atoms with Gasteiger partial charge in [-0.15, -0.1) is 0 Å². The van der Waals surface area contributed by atoms with E-state index < -0.39 is 5.92 Å². The van der Waals surface area contributed by atoms with E-state index in [1.165, 1.54) is 12.1 Å². The van der Waals surface area contributed by atoms with Crippen molar-refractivity contribution >= 4 is 0 Å². The second-order valence-electron chi connectivity index (χ2n) is 2.84. The van der Waals surface area contributed by atoms with Crippen molar-refractivity contribution in [3.63, 3.8) is 0 Å². The highest BCUT2D eigenvalue weighted by Gasteiger charge is 2.06. The highest BCUT2D eigenvalue weighted by molar-refractivity contribution is 5.17. The van der Waals surface area contributed by atoms with Gasteiger partial charge in [0.15, 0.2) is 0 Å². The summed E-state index contributed by atoms with van der Waals surface area (Å²) in [6, 6.07) is 8.01. The van der Waals surface area contributed by atoms with E-state index in [2.05, 4.69) is 0 Å². The third kappa shape index (κ3) is 2.85. The average molecular weight is 179 g/mol. The lowest BCUT2D eigenvalue weighted by atomic mass is 10.0. The first-order chi connectivity index (χ1) is 6.26. The molecule has 0 aliphatic carbocycles. The molecule has 0 aliphatic heterocycles. The summed E-state index contributed by atoms with van der Waals surface area (Å²) in [6.45, 7) is -0.187. The van der Waals surface area contributed by atoms with Gasteiger partial charge in [-0.3, -0.25) is 0 Å². The van der Waals surface area contributed by atoms with Gasteiger partial charge in [0.05, 0.1) is 18.6 Å². The zero-order valence-corrected chi connectivity index (χ0v) is 7.07. The summed E-state index contributed by atoms with van der Waals surface area (Å²) in [5.74, 6) is -0.756. The molecule has 0 aliphatic rings. The molecule has 2 nitrogen and oxygen atoms in total. The van der Waals surface area contributed by atoms with Crippen LogP contribution in [0.3, 0.4) is 0 Å². The second kappa shape index (κ2) is 4.58. The van der Waals surface area contributed by atoms with Crippen LogP contribution in [0.15, 0.2) is 24.3 Å². The van der Waals surface area contributed by atoms with Gasteiger partial charge >= 0.3 is 0 Å². The molecule has 3 heteroatoms. The molecule has 0 saturated heterocycles. The molecule has 0 fully saturated rings. The van der Waals surface area contributed by atoms with E-state index >= 15 is 0 Å². The molecule has 1 N–H and O–H groups in total. The fraction of sp³-hybridized carbons (Fsp3) is 0.300. The van der Waals surface area contributed by atoms with Gasteiger partial charge in [-0.05, 0) is 24.1 Å². The van der Waals surface area contributed by atoms with Crippen molar-refractivity contribution in [3.05, 3.63) is 35.6 Å². The maximum Gasteiger partial charge on any atom is 0.123 e. The predicted molar refractivity (Wildman–Crippen MR) is 46.3 cm³/mol. The standard InChI is InChI=1S/C10H10FNO/c11-10-3-1-2-8(5-10)4-9(6-12)7-13/h1-3,5,9,13H,4,7H2/t9-/m1/s1. The molecule has 0 saturated carbocycles. The summed E-state index contributed by atoms with van der Waals surface area (Å²) in [6.07, 6.45) is 0.394. The number of rotatable bonds is 3. The number of benzene rings is 1. The molecule has 0 amide bonds. The van der Waals surface area contributed by atoms with Gasteiger partial charge in [-0.25, -0.2) is 4.39 Å². The predicted octanol–water partition coefficient (Wildman–Crippen LogP) is 1.50. The summed E-state index contributed by atoms with van der Waals surface area (Å²) in [4.78, 5) is 0. The molecular weight excluding hydrogens is 169 g/mol. The van der Waals surface area contributed by atoms with Gasteiger partial charge < -0.3 is 5.11 Å². The number of hydrogen-bond acceptors (Lipinski definition) is 2. The number of nitriles is 1. The van der Waals surface area contributed by atoms with Gasteiger partial charge in [0.1, 0.15) is 5.82 Å². The lowest BCUT2D eigenvalue weighted by Crippen LogP contribution is -2.06. The minimum atomic E-state index is -0.443. The third-order valence-corrected chi connectivity index (χ3v) is 1.77. The number of nitrogens with zero attached hydrogens (tertiary/aromatic N) is 1. The SMILES string of the molecule is N#C[C@H](CO)Cc1cccc(F)c1. The van der Waals surface area contributed by atoms with Crippen molar-refractivity contribution in [2.24, 2.45) is 5.92 Å². The van der Waals surface area contributed by atoms with Gasteiger partial charge in [0.2, 0.25) is 0 Å². The lowest BCUT2D eigenvalue weighted by molar-refractivity contribution is 0.255. The van der Waals surface area contributed by atoms with Crippen LogP contribution in [0, 0.1) is 23.1 Å². The van der Waals surface area contributed by atoms with E-state index in [9.17, 15) is 4.39 Å². The van der Waals surface area contributed by atoms with Crippen molar-refractivity contribution in [2.75, 3.05) is 6.61 Å². The molecule has 0 unspecified atom stereocenters. The monoisotopic (exact) mass is 179 g/mol. The highest BCUT2D eigenvalue weighted by atomic mass is 19.1. The lowest BCUT2D eigenvalue weighted by Gasteiger charge is -2.04. The van der Waals surface area contributed by atoms with Crippen LogP contribution in [0.25, 0.3) is 0 Å². The maximum atomic E-state index is 12.7. The van der Waals surface area contributed by atoms with Crippen LogP contribution < -0.4 is 0 Å². The minimum Gasteiger partial charge on any atom is -0.395 e. The third-order valence-electron chi connectivity index (χ3n) is 1.77. The molecule has 0 bridgehead atoms. The van der Waals surface area contributed by atoms with Crippen molar-refractivity contribution < 1.29 is 9.50 Å². The quantitative estimate of drug-likeness (QED) is 0.764. The minimum absolute atomic E-state index is 0.187. The smallest absolute Gasteiger partial charge is 0.123 e. The van der Waals surface area contributed by atoms with Gasteiger partial charge in [0, 0.05) is 0 Å². The first kappa shape index (κ1) is 9.69. The Morgan fingerprint density at radius 3 is 2.85 bits per heavy atom. The van der Waals surface area contributed by atoms with Crippen LogP contribution in [0.5, 0.6) is 0 Å². The molecule has 0 spiro atoms. The Balaban J connectivity index is 2.69. The fourth-order valence-electron chi connectivity index (χ4n) is 1.10. The van der Waals surface area contributed by atoms with Crippen LogP contribution in [0.1, 0.15) is 5.56 Å². The van der Waals surface area contributed by atoms with Crippen LogP contribution >= 0.6 is 0 Å². The van der Waals surface area contributed by atoms with Crippen molar-refractivity contribution in [1.82, 2.24) is 0 Å². The summed E-state index contributed by atoms with van der Waals surface area (Å²) in [7, 11) is 0. The van der Waals surface area contributed by atoms with E-state index in [0.717, 1.165) is 5.56 Å². The van der Waals surface area contributed by atoms with E-state index in [1.54, 1.807) is 12.1 Å². The zero-order valence-electron chi connectivity index (χ0n) is 7.07. The van der Waals surface area contributed by atoms with Crippen molar-refractivity contribution in [3.8, 4) is 6.07 Å². The summed E-state index contributed by atoms with van der Waals surface area (Å²) in [5.41, 5.74) is 0.737. The van der Waals surface area contributed by atoms with E-state index in [-0.39, 0.29) is 12.4 Å². The molecule has 0 aromatic heterocycles. The number of aliphatic hydroxyl groups is 1.